The predicted molar refractivity (Wildman–Crippen MR) is 170 cm³/mol. The highest BCUT2D eigenvalue weighted by Gasteiger charge is 2.24. The van der Waals surface area contributed by atoms with E-state index in [1.807, 2.05) is 13.0 Å². The molecule has 0 unspecified atom stereocenters. The number of carboxylic acids is 2. The van der Waals surface area contributed by atoms with Gasteiger partial charge in [-0.3, -0.25) is 9.59 Å². The summed E-state index contributed by atoms with van der Waals surface area (Å²) in [4.78, 5) is 38.0. The largest absolute Gasteiger partial charge is 0.481 e. The maximum absolute atomic E-state index is 11.6. The second-order valence-corrected chi connectivity index (χ2v) is 11.8. The third-order valence-electron chi connectivity index (χ3n) is 9.24. The lowest BCUT2D eigenvalue weighted by Gasteiger charge is -2.07. The van der Waals surface area contributed by atoms with Crippen LogP contribution in [0.25, 0.3) is 12.2 Å². The second-order valence-electron chi connectivity index (χ2n) is 11.8. The molecule has 4 aromatic heterocycles. The molecule has 0 atom stereocenters. The molecule has 0 aliphatic carbocycles. The van der Waals surface area contributed by atoms with Gasteiger partial charge in [0.15, 0.2) is 0 Å². The summed E-state index contributed by atoms with van der Waals surface area (Å²) < 4.78 is 0. The van der Waals surface area contributed by atoms with Gasteiger partial charge in [0.1, 0.15) is 0 Å². The summed E-state index contributed by atoms with van der Waals surface area (Å²) in [6.45, 7) is 14.6. The number of fused-ring (bicyclic) bond motifs is 8. The van der Waals surface area contributed by atoms with Crippen molar-refractivity contribution < 1.29 is 19.8 Å². The smallest absolute Gasteiger partial charge is 0.303 e. The van der Waals surface area contributed by atoms with E-state index in [1.165, 1.54) is 11.1 Å². The Bertz CT molecular complexity index is 1750. The summed E-state index contributed by atoms with van der Waals surface area (Å²) >= 11 is 0. The predicted octanol–water partition coefficient (Wildman–Crippen LogP) is 6.62. The van der Waals surface area contributed by atoms with Crippen LogP contribution < -0.4 is 0 Å². The maximum atomic E-state index is 11.6. The monoisotopic (exact) mass is 582 g/mol. The van der Waals surface area contributed by atoms with Crippen LogP contribution in [0.2, 0.25) is 0 Å². The number of aromatic nitrogens is 4. The molecule has 43 heavy (non-hydrogen) atoms. The molecule has 0 spiro atoms. The van der Waals surface area contributed by atoms with E-state index < -0.39 is 11.9 Å². The number of carboxylic acid groups (broad SMARTS) is 2. The number of aliphatic carboxylic acids is 2. The third-order valence-corrected chi connectivity index (χ3v) is 9.24. The SMILES string of the molecule is C=Cc1c2[nH]c(c1C)Cc1[nH]c(c(CCC(=O)O)c1C)Cc1[nH]c(c(C)c1CCC(=O)O)Cc1[nH]c(c(C)c1/C=C/C)C2. The zero-order valence-corrected chi connectivity index (χ0v) is 25.8. The van der Waals surface area contributed by atoms with Crippen LogP contribution in [-0.2, 0) is 48.1 Å². The number of carbonyl (C=O) groups is 2. The Morgan fingerprint density at radius 3 is 1.44 bits per heavy atom. The van der Waals surface area contributed by atoms with Gasteiger partial charge >= 0.3 is 11.9 Å². The molecule has 5 heterocycles. The van der Waals surface area contributed by atoms with Gasteiger partial charge in [-0.1, -0.05) is 24.8 Å². The lowest BCUT2D eigenvalue weighted by atomic mass is 9.97. The van der Waals surface area contributed by atoms with Gasteiger partial charge in [0.05, 0.1) is 0 Å². The van der Waals surface area contributed by atoms with Crippen molar-refractivity contribution in [3.8, 4) is 0 Å². The van der Waals surface area contributed by atoms with Crippen LogP contribution in [0.3, 0.4) is 0 Å². The molecular weight excluding hydrogens is 540 g/mol. The molecule has 8 nitrogen and oxygen atoms in total. The minimum atomic E-state index is -0.829. The van der Waals surface area contributed by atoms with E-state index in [-0.39, 0.29) is 12.8 Å². The molecule has 0 radical (unpaired) electrons. The second kappa shape index (κ2) is 12.0. The Morgan fingerprint density at radius 1 is 0.628 bits per heavy atom. The standard InChI is InChI=1S/C35H42N4O4/c1-7-9-23-19(4)28-15-30-22(8-2)18(3)26(36-30)14-27-20(5)24(10-12-34(40)41)32(37-27)17-33-25(11-13-35(42)43)21(6)29(39-33)16-31(23)38-28/h7-9,36-39H,2,10-17H2,1,3-6H3,(H,40,41)(H,42,43)/b9-7+. The summed E-state index contributed by atoms with van der Waals surface area (Å²) in [5, 5.41) is 19.0. The molecule has 226 valence electrons. The number of H-pyrrole nitrogens is 4. The Morgan fingerprint density at radius 2 is 1.00 bits per heavy atom. The van der Waals surface area contributed by atoms with Gasteiger partial charge in [0.25, 0.3) is 0 Å². The van der Waals surface area contributed by atoms with Crippen molar-refractivity contribution in [2.24, 2.45) is 0 Å². The van der Waals surface area contributed by atoms with E-state index in [4.69, 9.17) is 0 Å². The van der Waals surface area contributed by atoms with Crippen molar-refractivity contribution in [3.05, 3.63) is 103 Å². The number of allylic oxidation sites excluding steroid dienone is 1. The van der Waals surface area contributed by atoms with Gasteiger partial charge in [0.2, 0.25) is 0 Å². The zero-order valence-electron chi connectivity index (χ0n) is 25.8. The number of rotatable bonds is 8. The average molecular weight is 583 g/mol. The van der Waals surface area contributed by atoms with E-state index in [2.05, 4.69) is 66.4 Å². The van der Waals surface area contributed by atoms with Crippen LogP contribution in [-0.4, -0.2) is 42.1 Å². The Hall–Kier alpha value is -4.46. The fourth-order valence-corrected chi connectivity index (χ4v) is 6.79. The van der Waals surface area contributed by atoms with E-state index in [1.54, 1.807) is 0 Å². The van der Waals surface area contributed by atoms with Crippen molar-refractivity contribution in [2.45, 2.75) is 86.0 Å². The molecule has 8 heteroatoms. The van der Waals surface area contributed by atoms with Crippen LogP contribution in [0.4, 0.5) is 0 Å². The minimum Gasteiger partial charge on any atom is -0.481 e. The lowest BCUT2D eigenvalue weighted by molar-refractivity contribution is -0.138. The first-order chi connectivity index (χ1) is 20.5. The number of aromatic amines is 4. The van der Waals surface area contributed by atoms with E-state index >= 15 is 0 Å². The van der Waals surface area contributed by atoms with Gasteiger partial charge in [-0.15, -0.1) is 0 Å². The van der Waals surface area contributed by atoms with E-state index in [0.717, 1.165) is 78.9 Å². The van der Waals surface area contributed by atoms with Crippen molar-refractivity contribution in [1.29, 1.82) is 0 Å². The molecule has 0 fully saturated rings. The minimum absolute atomic E-state index is 0.0420. The van der Waals surface area contributed by atoms with Gasteiger partial charge < -0.3 is 30.1 Å². The topological polar surface area (TPSA) is 138 Å². The number of hydrogen-bond acceptors (Lipinski definition) is 2. The van der Waals surface area contributed by atoms with E-state index in [0.29, 0.717) is 38.5 Å². The van der Waals surface area contributed by atoms with E-state index in [9.17, 15) is 19.8 Å². The summed E-state index contributed by atoms with van der Waals surface area (Å²) in [5.74, 6) is -1.66. The first-order valence-electron chi connectivity index (χ1n) is 15.0. The van der Waals surface area contributed by atoms with Crippen LogP contribution in [0.15, 0.2) is 12.7 Å². The van der Waals surface area contributed by atoms with Gasteiger partial charge in [-0.2, -0.15) is 0 Å². The number of nitrogens with one attached hydrogen (secondary N) is 4. The van der Waals surface area contributed by atoms with Gasteiger partial charge in [-0.25, -0.2) is 0 Å². The fraction of sp³-hybridized carbons (Fsp3) is 0.371. The summed E-state index contributed by atoms with van der Waals surface area (Å²) in [5.41, 5.74) is 17.4. The van der Waals surface area contributed by atoms with Gasteiger partial charge in [-0.05, 0) is 92.0 Å². The molecule has 0 saturated carbocycles. The van der Waals surface area contributed by atoms with Gasteiger partial charge in [0, 0.05) is 84.1 Å². The molecule has 4 aromatic rings. The number of hydrogen-bond donors (Lipinski definition) is 6. The third kappa shape index (κ3) is 5.78. The van der Waals surface area contributed by atoms with Crippen LogP contribution in [0.1, 0.15) is 110 Å². The highest BCUT2D eigenvalue weighted by molar-refractivity contribution is 5.68. The highest BCUT2D eigenvalue weighted by Crippen LogP contribution is 2.33. The molecule has 1 aliphatic rings. The molecule has 0 amide bonds. The molecule has 6 N–H and O–H groups in total. The Balaban J connectivity index is 1.73. The molecule has 0 saturated heterocycles. The van der Waals surface area contributed by atoms with Crippen molar-refractivity contribution in [2.75, 3.05) is 0 Å². The normalized spacial score (nSPS) is 13.1. The van der Waals surface area contributed by atoms with Crippen LogP contribution in [0.5, 0.6) is 0 Å². The summed E-state index contributed by atoms with van der Waals surface area (Å²) in [6, 6.07) is 0. The Kier molecular flexibility index (Phi) is 8.40. The average Bonchev–Trinajstić information content (AvgIpc) is 3.61. The van der Waals surface area contributed by atoms with Crippen molar-refractivity contribution in [3.63, 3.8) is 0 Å². The maximum Gasteiger partial charge on any atom is 0.303 e. The molecule has 5 rings (SSSR count). The first kappa shape index (κ1) is 30.0. The van der Waals surface area contributed by atoms with Crippen molar-refractivity contribution in [1.82, 2.24) is 19.9 Å². The summed E-state index contributed by atoms with van der Waals surface area (Å²) in [6.07, 6.45) is 9.62. The molecular formula is C35H42N4O4. The van der Waals surface area contributed by atoms with Crippen LogP contribution >= 0.6 is 0 Å². The summed E-state index contributed by atoms with van der Waals surface area (Å²) in [7, 11) is 0. The highest BCUT2D eigenvalue weighted by atomic mass is 16.4. The molecule has 1 aliphatic heterocycles. The molecule has 8 bridgehead atoms. The van der Waals surface area contributed by atoms with Crippen LogP contribution in [0, 0.1) is 27.7 Å². The van der Waals surface area contributed by atoms with Crippen molar-refractivity contribution >= 4 is 24.1 Å². The fourth-order valence-electron chi connectivity index (χ4n) is 6.79. The Labute approximate surface area is 252 Å². The molecule has 0 aromatic carbocycles. The quantitative estimate of drug-likeness (QED) is 0.122. The first-order valence-corrected chi connectivity index (χ1v) is 15.0. The lowest BCUT2D eigenvalue weighted by Crippen LogP contribution is -2.04. The zero-order chi connectivity index (χ0) is 31.0.